The van der Waals surface area contributed by atoms with Crippen molar-refractivity contribution in [1.82, 2.24) is 31.9 Å². The Hall–Kier alpha value is -5.31. The molecule has 1 aliphatic rings. The molecule has 0 bridgehead atoms. The largest absolute Gasteiger partial charge is 0.481 e. The minimum atomic E-state index is -4.78. The molecule has 0 radical (unpaired) electrons. The van der Waals surface area contributed by atoms with Gasteiger partial charge in [-0.3, -0.25) is 43.2 Å². The van der Waals surface area contributed by atoms with E-state index < -0.39 is 146 Å². The molecule has 0 heterocycles. The summed E-state index contributed by atoms with van der Waals surface area (Å²) in [7, 11) is 0. The van der Waals surface area contributed by atoms with E-state index in [2.05, 4.69) is 26.6 Å². The third-order valence-corrected chi connectivity index (χ3v) is 9.28. The molecule has 19 nitrogen and oxygen atoms in total. The SMILES string of the molecule is CC(C)C[C@H](NC(=O)[C@@H](NC(=O)[C@@H](NC(=O)[C@H](CCC(=O)O)NC(=O)[C@H](CC(=O)O)NC(=O)CCC(=O)O)C1CCCCC1)C(C)(C)C)C(=O)NC(C=O)CC(F)(F)F. The van der Waals surface area contributed by atoms with Crippen LogP contribution in [0.15, 0.2) is 0 Å². The van der Waals surface area contributed by atoms with Gasteiger partial charge in [0.1, 0.15) is 36.5 Å². The molecule has 0 aliphatic heterocycles. The van der Waals surface area contributed by atoms with Crippen LogP contribution in [0.5, 0.6) is 0 Å². The lowest BCUT2D eigenvalue weighted by molar-refractivity contribution is -0.147. The highest BCUT2D eigenvalue weighted by molar-refractivity contribution is 5.97. The maximum absolute atomic E-state index is 14.2. The number of carbonyl (C=O) groups excluding carboxylic acids is 7. The van der Waals surface area contributed by atoms with Crippen molar-refractivity contribution in [3.63, 3.8) is 0 Å². The quantitative estimate of drug-likeness (QED) is 0.0612. The van der Waals surface area contributed by atoms with Crippen LogP contribution >= 0.6 is 0 Å². The smallest absolute Gasteiger partial charge is 0.391 e. The van der Waals surface area contributed by atoms with E-state index in [0.29, 0.717) is 25.7 Å². The molecule has 9 N–H and O–H groups in total. The van der Waals surface area contributed by atoms with E-state index in [1.165, 1.54) is 0 Å². The van der Waals surface area contributed by atoms with Crippen molar-refractivity contribution in [3.8, 4) is 0 Å². The number of hydrogen-bond donors (Lipinski definition) is 9. The first-order chi connectivity index (χ1) is 27.2. The molecule has 334 valence electrons. The first kappa shape index (κ1) is 51.7. The highest BCUT2D eigenvalue weighted by atomic mass is 19.4. The van der Waals surface area contributed by atoms with E-state index in [1.807, 2.05) is 5.32 Å². The average Bonchev–Trinajstić information content (AvgIpc) is 3.11. The summed E-state index contributed by atoms with van der Waals surface area (Å²) in [4.78, 5) is 126. The number of hydrogen-bond acceptors (Lipinski definition) is 10. The van der Waals surface area contributed by atoms with Crippen molar-refractivity contribution < 1.29 is 76.4 Å². The topological polar surface area (TPSA) is 304 Å². The Morgan fingerprint density at radius 1 is 0.644 bits per heavy atom. The van der Waals surface area contributed by atoms with Gasteiger partial charge in [-0.25, -0.2) is 0 Å². The molecule has 1 unspecified atom stereocenters. The number of carbonyl (C=O) groups is 10. The summed E-state index contributed by atoms with van der Waals surface area (Å²) in [5, 5.41) is 41.5. The standard InChI is InChI=1S/C37H57F3N6O13/c1-19(2)15-23(32(56)41-21(18-47)17-37(38,39)40)44-35(59)30(36(3,4)5)46-34(58)29(20-9-7-6-8-10-20)45-31(55)22(11-13-26(49)50)43-33(57)24(16-28(53)54)42-25(48)12-14-27(51)52/h18-24,29-30H,6-17H2,1-5H3,(H,41,56)(H,42,48)(H,43,57)(H,44,59)(H,45,55)(H,46,58)(H,49,50)(H,51,52)(H,53,54)/t21?,22-,23-,24-,29-,30+/m0/s1. The fraction of sp³-hybridized carbons (Fsp3) is 0.730. The fourth-order valence-electron chi connectivity index (χ4n) is 6.33. The molecular weight excluding hydrogens is 793 g/mol. The van der Waals surface area contributed by atoms with Gasteiger partial charge in [-0.05, 0) is 42.9 Å². The zero-order chi connectivity index (χ0) is 45.2. The lowest BCUT2D eigenvalue weighted by Gasteiger charge is -2.36. The van der Waals surface area contributed by atoms with Crippen LogP contribution in [0.2, 0.25) is 0 Å². The minimum Gasteiger partial charge on any atom is -0.481 e. The molecule has 59 heavy (non-hydrogen) atoms. The Balaban J connectivity index is 3.45. The number of nitrogens with one attached hydrogen (secondary N) is 6. The summed E-state index contributed by atoms with van der Waals surface area (Å²) in [5.74, 6) is -11.2. The lowest BCUT2D eigenvalue weighted by Crippen LogP contribution is -2.63. The van der Waals surface area contributed by atoms with Crippen molar-refractivity contribution in [3.05, 3.63) is 0 Å². The van der Waals surface area contributed by atoms with Crippen LogP contribution in [-0.4, -0.2) is 117 Å². The first-order valence-electron chi connectivity index (χ1n) is 19.2. The summed E-state index contributed by atoms with van der Waals surface area (Å²) in [5.41, 5.74) is -1.09. The predicted molar refractivity (Wildman–Crippen MR) is 200 cm³/mol. The predicted octanol–water partition coefficient (Wildman–Crippen LogP) is 0.923. The maximum atomic E-state index is 14.2. The zero-order valence-corrected chi connectivity index (χ0v) is 33.7. The second-order valence-electron chi connectivity index (χ2n) is 16.1. The van der Waals surface area contributed by atoms with Crippen LogP contribution < -0.4 is 31.9 Å². The van der Waals surface area contributed by atoms with Crippen LogP contribution in [-0.2, 0) is 47.9 Å². The number of halogens is 3. The van der Waals surface area contributed by atoms with Crippen molar-refractivity contribution in [2.24, 2.45) is 17.3 Å². The zero-order valence-electron chi connectivity index (χ0n) is 33.7. The van der Waals surface area contributed by atoms with Gasteiger partial charge < -0.3 is 52.0 Å². The number of rotatable bonds is 24. The van der Waals surface area contributed by atoms with Gasteiger partial charge in [0.2, 0.25) is 35.4 Å². The Labute approximate surface area is 339 Å². The van der Waals surface area contributed by atoms with Crippen LogP contribution in [0.3, 0.4) is 0 Å². The molecule has 1 rings (SSSR count). The van der Waals surface area contributed by atoms with E-state index in [0.717, 1.165) is 6.42 Å². The molecule has 1 saturated carbocycles. The first-order valence-corrected chi connectivity index (χ1v) is 19.2. The molecule has 1 fully saturated rings. The van der Waals surface area contributed by atoms with E-state index in [-0.39, 0.29) is 18.6 Å². The molecule has 6 atom stereocenters. The third kappa shape index (κ3) is 20.3. The van der Waals surface area contributed by atoms with Crippen LogP contribution in [0.1, 0.15) is 112 Å². The van der Waals surface area contributed by atoms with Gasteiger partial charge in [-0.1, -0.05) is 53.9 Å². The van der Waals surface area contributed by atoms with Gasteiger partial charge in [-0.2, -0.15) is 13.2 Å². The number of aliphatic carboxylic acids is 3. The summed E-state index contributed by atoms with van der Waals surface area (Å²) in [6, 6.07) is -9.69. The van der Waals surface area contributed by atoms with Gasteiger partial charge in [0.05, 0.1) is 25.3 Å². The highest BCUT2D eigenvalue weighted by Crippen LogP contribution is 2.28. The summed E-state index contributed by atoms with van der Waals surface area (Å²) in [6.45, 7) is 8.06. The van der Waals surface area contributed by atoms with Crippen molar-refractivity contribution in [1.29, 1.82) is 0 Å². The molecule has 1 aliphatic carbocycles. The monoisotopic (exact) mass is 850 g/mol. The average molecular weight is 851 g/mol. The van der Waals surface area contributed by atoms with E-state index in [4.69, 9.17) is 5.11 Å². The molecule has 0 saturated heterocycles. The highest BCUT2D eigenvalue weighted by Gasteiger charge is 2.41. The summed E-state index contributed by atoms with van der Waals surface area (Å²) in [6.07, 6.45) is -7.11. The summed E-state index contributed by atoms with van der Waals surface area (Å²) < 4.78 is 39.0. The van der Waals surface area contributed by atoms with E-state index in [1.54, 1.807) is 34.6 Å². The molecule has 6 amide bonds. The Kier molecular flexibility index (Phi) is 21.0. The lowest BCUT2D eigenvalue weighted by atomic mass is 9.82. The molecule has 0 aromatic rings. The van der Waals surface area contributed by atoms with Crippen molar-refractivity contribution >= 4 is 59.6 Å². The molecular formula is C37H57F3N6O13. The second kappa shape index (κ2) is 23.9. The van der Waals surface area contributed by atoms with Crippen LogP contribution in [0, 0.1) is 17.3 Å². The second-order valence-corrected chi connectivity index (χ2v) is 16.1. The van der Waals surface area contributed by atoms with Crippen LogP contribution in [0.4, 0.5) is 13.2 Å². The molecule has 0 aromatic carbocycles. The Morgan fingerprint density at radius 3 is 1.68 bits per heavy atom. The Morgan fingerprint density at radius 2 is 1.19 bits per heavy atom. The molecule has 0 spiro atoms. The molecule has 22 heteroatoms. The number of aldehydes is 1. The maximum Gasteiger partial charge on any atom is 0.391 e. The number of alkyl halides is 3. The normalized spacial score (nSPS) is 16.5. The van der Waals surface area contributed by atoms with E-state index in [9.17, 15) is 71.3 Å². The van der Waals surface area contributed by atoms with Gasteiger partial charge >= 0.3 is 24.1 Å². The minimum absolute atomic E-state index is 0.0659. The van der Waals surface area contributed by atoms with E-state index >= 15 is 0 Å². The fourth-order valence-corrected chi connectivity index (χ4v) is 6.33. The van der Waals surface area contributed by atoms with Gasteiger partial charge in [0, 0.05) is 12.8 Å². The third-order valence-electron chi connectivity index (χ3n) is 9.28. The van der Waals surface area contributed by atoms with Crippen molar-refractivity contribution in [2.45, 2.75) is 154 Å². The number of carboxylic acids is 3. The van der Waals surface area contributed by atoms with Crippen molar-refractivity contribution in [2.75, 3.05) is 0 Å². The number of amides is 6. The van der Waals surface area contributed by atoms with Crippen LogP contribution in [0.25, 0.3) is 0 Å². The van der Waals surface area contributed by atoms with Gasteiger partial charge in [0.25, 0.3) is 0 Å². The Bertz CT molecular complexity index is 1530. The van der Waals surface area contributed by atoms with Gasteiger partial charge in [0.15, 0.2) is 0 Å². The molecule has 0 aromatic heterocycles. The number of carboxylic acid groups (broad SMARTS) is 3. The summed E-state index contributed by atoms with van der Waals surface area (Å²) >= 11 is 0. The van der Waals surface area contributed by atoms with Gasteiger partial charge in [-0.15, -0.1) is 0 Å².